The van der Waals surface area contributed by atoms with Gasteiger partial charge in [0, 0.05) is 6.42 Å². The molecule has 0 saturated heterocycles. The van der Waals surface area contributed by atoms with Crippen LogP contribution in [-0.4, -0.2) is 48.1 Å². The summed E-state index contributed by atoms with van der Waals surface area (Å²) in [5.74, 6) is -2.17. The van der Waals surface area contributed by atoms with E-state index in [1.54, 1.807) is 48.5 Å². The number of nitrogens with one attached hydrogen (secondary N) is 3. The third kappa shape index (κ3) is 5.10. The number of aliphatic carboxylic acids is 1. The van der Waals surface area contributed by atoms with Gasteiger partial charge in [-0.2, -0.15) is 0 Å². The number of carbonyl (C=O) groups is 4. The second kappa shape index (κ2) is 8.87. The first kappa shape index (κ1) is 19.9. The highest BCUT2D eigenvalue weighted by Gasteiger charge is 2.30. The first-order valence-electron chi connectivity index (χ1n) is 8.94. The van der Waals surface area contributed by atoms with Gasteiger partial charge in [0.25, 0.3) is 0 Å². The zero-order chi connectivity index (χ0) is 20.8. The van der Waals surface area contributed by atoms with Crippen LogP contribution in [0.5, 0.6) is 0 Å². The number of hydrogen-bond donors (Lipinski definition) is 4. The molecule has 0 radical (unpaired) electrons. The third-order valence-electron chi connectivity index (χ3n) is 4.33. The first-order chi connectivity index (χ1) is 13.9. The number of fused-ring (bicyclic) bond motifs is 1. The van der Waals surface area contributed by atoms with Crippen molar-refractivity contribution in [3.63, 3.8) is 0 Å². The fraction of sp³-hybridized carbons (Fsp3) is 0.200. The Morgan fingerprint density at radius 3 is 2.48 bits per heavy atom. The highest BCUT2D eigenvalue weighted by atomic mass is 16.4. The number of amides is 4. The average molecular weight is 396 g/mol. The lowest BCUT2D eigenvalue weighted by Gasteiger charge is -2.30. The number of urea groups is 1. The van der Waals surface area contributed by atoms with Gasteiger partial charge in [0.1, 0.15) is 19.1 Å². The van der Waals surface area contributed by atoms with E-state index in [-0.39, 0.29) is 18.9 Å². The molecule has 9 heteroatoms. The summed E-state index contributed by atoms with van der Waals surface area (Å²) in [5.41, 5.74) is 1.79. The molecule has 1 atom stereocenters. The number of para-hydroxylation sites is 2. The monoisotopic (exact) mass is 396 g/mol. The van der Waals surface area contributed by atoms with Gasteiger partial charge in [0.2, 0.25) is 11.8 Å². The topological polar surface area (TPSA) is 128 Å². The highest BCUT2D eigenvalue weighted by molar-refractivity contribution is 6.10. The van der Waals surface area contributed by atoms with Crippen LogP contribution in [0.25, 0.3) is 0 Å². The van der Waals surface area contributed by atoms with E-state index in [0.717, 1.165) is 5.56 Å². The molecule has 1 aliphatic heterocycles. The minimum Gasteiger partial charge on any atom is -0.480 e. The van der Waals surface area contributed by atoms with E-state index in [0.29, 0.717) is 11.4 Å². The minimum absolute atomic E-state index is 0.166. The van der Waals surface area contributed by atoms with E-state index in [4.69, 9.17) is 5.11 Å². The van der Waals surface area contributed by atoms with Crippen LogP contribution in [0, 0.1) is 0 Å². The largest absolute Gasteiger partial charge is 0.480 e. The predicted molar refractivity (Wildman–Crippen MR) is 106 cm³/mol. The third-order valence-corrected chi connectivity index (χ3v) is 4.33. The van der Waals surface area contributed by atoms with Crippen molar-refractivity contribution in [3.05, 3.63) is 60.2 Å². The molecule has 9 nitrogen and oxygen atoms in total. The molecule has 2 aromatic carbocycles. The molecule has 1 aliphatic rings. The maximum atomic E-state index is 12.9. The molecule has 0 aliphatic carbocycles. The molecular formula is C20H20N4O5. The summed E-state index contributed by atoms with van der Waals surface area (Å²) in [4.78, 5) is 49.4. The number of nitrogens with zero attached hydrogens (tertiary/aromatic N) is 1. The average Bonchev–Trinajstić information content (AvgIpc) is 2.71. The van der Waals surface area contributed by atoms with E-state index < -0.39 is 30.5 Å². The molecule has 3 rings (SSSR count). The van der Waals surface area contributed by atoms with Crippen LogP contribution >= 0.6 is 0 Å². The molecule has 1 heterocycles. The van der Waals surface area contributed by atoms with Crippen molar-refractivity contribution in [2.75, 3.05) is 23.3 Å². The summed E-state index contributed by atoms with van der Waals surface area (Å²) >= 11 is 0. The van der Waals surface area contributed by atoms with Gasteiger partial charge < -0.3 is 21.1 Å². The van der Waals surface area contributed by atoms with Gasteiger partial charge in [-0.3, -0.25) is 19.3 Å². The number of carboxylic acids is 1. The van der Waals surface area contributed by atoms with Crippen LogP contribution in [0.15, 0.2) is 54.6 Å². The Labute approximate surface area is 166 Å². The molecule has 150 valence electrons. The van der Waals surface area contributed by atoms with Crippen LogP contribution in [0.4, 0.5) is 16.2 Å². The molecule has 4 amide bonds. The van der Waals surface area contributed by atoms with Crippen LogP contribution in [0.1, 0.15) is 5.56 Å². The van der Waals surface area contributed by atoms with Gasteiger partial charge >= 0.3 is 12.0 Å². The number of anilines is 2. The Hall–Kier alpha value is -3.88. The predicted octanol–water partition coefficient (Wildman–Crippen LogP) is 0.967. The van der Waals surface area contributed by atoms with Crippen molar-refractivity contribution >= 4 is 35.2 Å². The van der Waals surface area contributed by atoms with E-state index >= 15 is 0 Å². The fourth-order valence-corrected chi connectivity index (χ4v) is 2.99. The molecule has 29 heavy (non-hydrogen) atoms. The lowest BCUT2D eigenvalue weighted by Crippen LogP contribution is -2.55. The quantitative estimate of drug-likeness (QED) is 0.578. The molecule has 0 unspecified atom stereocenters. The molecule has 0 saturated carbocycles. The lowest BCUT2D eigenvalue weighted by atomic mass is 10.1. The van der Waals surface area contributed by atoms with Gasteiger partial charge in [0.05, 0.1) is 11.4 Å². The van der Waals surface area contributed by atoms with Crippen molar-refractivity contribution in [3.8, 4) is 0 Å². The fourth-order valence-electron chi connectivity index (χ4n) is 2.99. The minimum atomic E-state index is -1.19. The number of rotatable bonds is 6. The van der Waals surface area contributed by atoms with Gasteiger partial charge in [-0.05, 0) is 17.7 Å². The van der Waals surface area contributed by atoms with Gasteiger partial charge in [-0.1, -0.05) is 42.5 Å². The summed E-state index contributed by atoms with van der Waals surface area (Å²) in [6, 6.07) is 14.2. The van der Waals surface area contributed by atoms with E-state index in [1.807, 2.05) is 6.07 Å². The molecule has 0 bridgehead atoms. The second-order valence-corrected chi connectivity index (χ2v) is 6.45. The SMILES string of the molecule is O=C(O)CNC(=O)[C@H](Cc1ccccc1)NC(=O)N1CC(=O)Nc2ccccc21. The summed E-state index contributed by atoms with van der Waals surface area (Å²) in [5, 5.41) is 16.4. The van der Waals surface area contributed by atoms with Gasteiger partial charge in [0.15, 0.2) is 0 Å². The molecule has 2 aromatic rings. The number of benzene rings is 2. The Morgan fingerprint density at radius 2 is 1.76 bits per heavy atom. The maximum Gasteiger partial charge on any atom is 0.323 e. The Kier molecular flexibility index (Phi) is 6.08. The Bertz CT molecular complexity index is 931. The highest BCUT2D eigenvalue weighted by Crippen LogP contribution is 2.28. The standard InChI is InChI=1S/C20H20N4O5/c25-17-12-24(16-9-5-4-8-14(16)22-17)20(29)23-15(19(28)21-11-18(26)27)10-13-6-2-1-3-7-13/h1-9,15H,10-12H2,(H,21,28)(H,22,25)(H,23,29)(H,26,27)/t15-/m0/s1. The molecule has 0 fully saturated rings. The zero-order valence-electron chi connectivity index (χ0n) is 15.4. The number of hydrogen-bond acceptors (Lipinski definition) is 4. The van der Waals surface area contributed by atoms with Crippen molar-refractivity contribution in [1.29, 1.82) is 0 Å². The molecular weight excluding hydrogens is 376 g/mol. The van der Waals surface area contributed by atoms with E-state index in [2.05, 4.69) is 16.0 Å². The Balaban J connectivity index is 1.79. The molecule has 0 spiro atoms. The van der Waals surface area contributed by atoms with Gasteiger partial charge in [-0.15, -0.1) is 0 Å². The molecule has 0 aromatic heterocycles. The smallest absolute Gasteiger partial charge is 0.323 e. The molecule has 4 N–H and O–H groups in total. The summed E-state index contributed by atoms with van der Waals surface area (Å²) in [7, 11) is 0. The zero-order valence-corrected chi connectivity index (χ0v) is 15.4. The lowest BCUT2D eigenvalue weighted by molar-refractivity contribution is -0.138. The van der Waals surface area contributed by atoms with Crippen molar-refractivity contribution in [1.82, 2.24) is 10.6 Å². The van der Waals surface area contributed by atoms with Crippen LogP contribution < -0.4 is 20.9 Å². The van der Waals surface area contributed by atoms with Crippen molar-refractivity contribution in [2.24, 2.45) is 0 Å². The first-order valence-corrected chi connectivity index (χ1v) is 8.94. The number of carboxylic acid groups (broad SMARTS) is 1. The van der Waals surface area contributed by atoms with Crippen molar-refractivity contribution in [2.45, 2.75) is 12.5 Å². The summed E-state index contributed by atoms with van der Waals surface area (Å²) in [6.07, 6.45) is 0.166. The van der Waals surface area contributed by atoms with Crippen LogP contribution in [0.2, 0.25) is 0 Å². The van der Waals surface area contributed by atoms with Crippen LogP contribution in [0.3, 0.4) is 0 Å². The Morgan fingerprint density at radius 1 is 1.07 bits per heavy atom. The summed E-state index contributed by atoms with van der Waals surface area (Å²) < 4.78 is 0. The summed E-state index contributed by atoms with van der Waals surface area (Å²) in [6.45, 7) is -0.757. The second-order valence-electron chi connectivity index (χ2n) is 6.45. The van der Waals surface area contributed by atoms with Gasteiger partial charge in [-0.25, -0.2) is 4.79 Å². The van der Waals surface area contributed by atoms with Crippen molar-refractivity contribution < 1.29 is 24.3 Å². The van der Waals surface area contributed by atoms with E-state index in [1.165, 1.54) is 4.90 Å². The van der Waals surface area contributed by atoms with Crippen LogP contribution in [-0.2, 0) is 20.8 Å². The maximum absolute atomic E-state index is 12.9. The van der Waals surface area contributed by atoms with E-state index in [9.17, 15) is 19.2 Å². The normalized spacial score (nSPS) is 13.7. The number of carbonyl (C=O) groups excluding carboxylic acids is 3.